The third kappa shape index (κ3) is 3.00. The van der Waals surface area contributed by atoms with Crippen LogP contribution in [0.5, 0.6) is 11.5 Å². The predicted molar refractivity (Wildman–Crippen MR) is 89.5 cm³/mol. The second-order valence-corrected chi connectivity index (χ2v) is 5.37. The van der Waals surface area contributed by atoms with E-state index in [4.69, 9.17) is 9.47 Å². The van der Waals surface area contributed by atoms with Gasteiger partial charge in [-0.05, 0) is 35.4 Å². The molecule has 3 nitrogen and oxygen atoms in total. The first-order valence-electron chi connectivity index (χ1n) is 7.57. The average Bonchev–Trinajstić information content (AvgIpc) is 2.59. The highest BCUT2D eigenvalue weighted by Gasteiger charge is 2.21. The molecule has 0 fully saturated rings. The van der Waals surface area contributed by atoms with Crippen LogP contribution in [0, 0.1) is 0 Å². The summed E-state index contributed by atoms with van der Waals surface area (Å²) in [4.78, 5) is 0. The molecule has 1 atom stereocenters. The Morgan fingerprint density at radius 3 is 2.73 bits per heavy atom. The van der Waals surface area contributed by atoms with Gasteiger partial charge >= 0.3 is 0 Å². The molecular weight excluding hydrogens is 274 g/mol. The van der Waals surface area contributed by atoms with E-state index >= 15 is 0 Å². The standard InChI is InChI=1S/C19H21NO2/c1-3-11-20-18-10-12-22-19-9-6-15(13-17(18)19)14-4-7-16(21-2)8-5-14/h3-9,13,18,20H,1,10-12H2,2H3/t18-/m1/s1. The van der Waals surface area contributed by atoms with Crippen LogP contribution in [0.4, 0.5) is 0 Å². The zero-order valence-electron chi connectivity index (χ0n) is 12.8. The Bertz CT molecular complexity index is 649. The number of nitrogens with one attached hydrogen (secondary N) is 1. The van der Waals surface area contributed by atoms with Gasteiger partial charge in [0.1, 0.15) is 11.5 Å². The summed E-state index contributed by atoms with van der Waals surface area (Å²) in [5.41, 5.74) is 3.59. The van der Waals surface area contributed by atoms with Crippen molar-refractivity contribution < 1.29 is 9.47 Å². The molecule has 3 rings (SSSR count). The first-order chi connectivity index (χ1) is 10.8. The smallest absolute Gasteiger partial charge is 0.124 e. The summed E-state index contributed by atoms with van der Waals surface area (Å²) < 4.78 is 11.0. The SMILES string of the molecule is C=CCN[C@@H]1CCOc2ccc(-c3ccc(OC)cc3)cc21. The molecule has 1 heterocycles. The highest BCUT2D eigenvalue weighted by molar-refractivity contribution is 5.67. The lowest BCUT2D eigenvalue weighted by molar-refractivity contribution is 0.255. The highest BCUT2D eigenvalue weighted by Crippen LogP contribution is 2.35. The highest BCUT2D eigenvalue weighted by atomic mass is 16.5. The minimum atomic E-state index is 0.319. The summed E-state index contributed by atoms with van der Waals surface area (Å²) in [6, 6.07) is 14.8. The molecule has 0 saturated carbocycles. The van der Waals surface area contributed by atoms with Crippen molar-refractivity contribution in [1.82, 2.24) is 5.32 Å². The number of hydrogen-bond donors (Lipinski definition) is 1. The van der Waals surface area contributed by atoms with Gasteiger partial charge < -0.3 is 14.8 Å². The van der Waals surface area contributed by atoms with Crippen LogP contribution >= 0.6 is 0 Å². The number of rotatable bonds is 5. The first-order valence-corrected chi connectivity index (χ1v) is 7.57. The van der Waals surface area contributed by atoms with Gasteiger partial charge in [0.25, 0.3) is 0 Å². The summed E-state index contributed by atoms with van der Waals surface area (Å²) in [6.07, 6.45) is 2.87. The van der Waals surface area contributed by atoms with Crippen LogP contribution in [0.1, 0.15) is 18.0 Å². The van der Waals surface area contributed by atoms with Crippen molar-refractivity contribution in [3.63, 3.8) is 0 Å². The molecule has 22 heavy (non-hydrogen) atoms. The van der Waals surface area contributed by atoms with Crippen molar-refractivity contribution in [3.8, 4) is 22.6 Å². The summed E-state index contributed by atoms with van der Waals surface area (Å²) in [5.74, 6) is 1.85. The van der Waals surface area contributed by atoms with Crippen molar-refractivity contribution >= 4 is 0 Å². The molecule has 0 aliphatic carbocycles. The van der Waals surface area contributed by atoms with Gasteiger partial charge in [-0.25, -0.2) is 0 Å². The van der Waals surface area contributed by atoms with Gasteiger partial charge in [-0.15, -0.1) is 6.58 Å². The van der Waals surface area contributed by atoms with Crippen molar-refractivity contribution in [2.75, 3.05) is 20.3 Å². The molecule has 1 N–H and O–H groups in total. The van der Waals surface area contributed by atoms with Gasteiger partial charge in [0.05, 0.1) is 13.7 Å². The predicted octanol–water partition coefficient (Wildman–Crippen LogP) is 3.96. The number of benzene rings is 2. The Morgan fingerprint density at radius 2 is 2.00 bits per heavy atom. The Labute approximate surface area is 131 Å². The quantitative estimate of drug-likeness (QED) is 0.847. The lowest BCUT2D eigenvalue weighted by Gasteiger charge is -2.27. The van der Waals surface area contributed by atoms with Crippen molar-refractivity contribution in [3.05, 3.63) is 60.7 Å². The van der Waals surface area contributed by atoms with Gasteiger partial charge in [0.2, 0.25) is 0 Å². The summed E-state index contributed by atoms with van der Waals surface area (Å²) in [7, 11) is 1.68. The number of ether oxygens (including phenoxy) is 2. The molecular formula is C19H21NO2. The largest absolute Gasteiger partial charge is 0.497 e. The molecule has 114 valence electrons. The molecule has 0 bridgehead atoms. The van der Waals surface area contributed by atoms with E-state index in [2.05, 4.69) is 42.2 Å². The molecule has 0 unspecified atom stereocenters. The maximum Gasteiger partial charge on any atom is 0.124 e. The molecule has 2 aromatic carbocycles. The van der Waals surface area contributed by atoms with Gasteiger partial charge in [-0.1, -0.05) is 24.3 Å². The van der Waals surface area contributed by atoms with Crippen molar-refractivity contribution in [2.24, 2.45) is 0 Å². The topological polar surface area (TPSA) is 30.5 Å². The molecule has 2 aromatic rings. The normalized spacial score (nSPS) is 16.5. The van der Waals surface area contributed by atoms with Crippen molar-refractivity contribution in [1.29, 1.82) is 0 Å². The van der Waals surface area contributed by atoms with Crippen LogP contribution in [-0.4, -0.2) is 20.3 Å². The zero-order valence-corrected chi connectivity index (χ0v) is 12.8. The minimum Gasteiger partial charge on any atom is -0.497 e. The third-order valence-corrected chi connectivity index (χ3v) is 3.98. The van der Waals surface area contributed by atoms with Crippen LogP contribution in [0.2, 0.25) is 0 Å². The second kappa shape index (κ2) is 6.67. The molecule has 0 amide bonds. The van der Waals surface area contributed by atoms with Crippen molar-refractivity contribution in [2.45, 2.75) is 12.5 Å². The lowest BCUT2D eigenvalue weighted by atomic mass is 9.95. The lowest BCUT2D eigenvalue weighted by Crippen LogP contribution is -2.27. The van der Waals surface area contributed by atoms with E-state index in [0.717, 1.165) is 31.1 Å². The summed E-state index contributed by atoms with van der Waals surface area (Å²) in [6.45, 7) is 5.33. The van der Waals surface area contributed by atoms with Crippen LogP contribution in [0.15, 0.2) is 55.1 Å². The molecule has 3 heteroatoms. The van der Waals surface area contributed by atoms with E-state index in [9.17, 15) is 0 Å². The molecule has 1 aliphatic rings. The fourth-order valence-electron chi connectivity index (χ4n) is 2.80. The van der Waals surface area contributed by atoms with Gasteiger partial charge in [-0.2, -0.15) is 0 Å². The van der Waals surface area contributed by atoms with Crippen LogP contribution in [0.25, 0.3) is 11.1 Å². The molecule has 0 aromatic heterocycles. The molecule has 0 radical (unpaired) electrons. The fraction of sp³-hybridized carbons (Fsp3) is 0.263. The molecule has 0 spiro atoms. The molecule has 1 aliphatic heterocycles. The van der Waals surface area contributed by atoms with E-state index in [-0.39, 0.29) is 0 Å². The summed E-state index contributed by atoms with van der Waals surface area (Å²) in [5, 5.41) is 3.51. The number of methoxy groups -OCH3 is 1. The van der Waals surface area contributed by atoms with E-state index in [1.54, 1.807) is 7.11 Å². The average molecular weight is 295 g/mol. The van der Waals surface area contributed by atoms with E-state index in [1.165, 1.54) is 16.7 Å². The minimum absolute atomic E-state index is 0.319. The Hall–Kier alpha value is -2.26. The van der Waals surface area contributed by atoms with Crippen LogP contribution < -0.4 is 14.8 Å². The van der Waals surface area contributed by atoms with Crippen LogP contribution in [0.3, 0.4) is 0 Å². The van der Waals surface area contributed by atoms with Gasteiger partial charge in [0, 0.05) is 24.6 Å². The fourth-order valence-corrected chi connectivity index (χ4v) is 2.80. The number of hydrogen-bond acceptors (Lipinski definition) is 3. The zero-order chi connectivity index (χ0) is 15.4. The monoisotopic (exact) mass is 295 g/mol. The Morgan fingerprint density at radius 1 is 1.23 bits per heavy atom. The van der Waals surface area contributed by atoms with Crippen LogP contribution in [-0.2, 0) is 0 Å². The van der Waals surface area contributed by atoms with E-state index in [1.807, 2.05) is 18.2 Å². The van der Waals surface area contributed by atoms with E-state index in [0.29, 0.717) is 6.04 Å². The summed E-state index contributed by atoms with van der Waals surface area (Å²) >= 11 is 0. The number of fused-ring (bicyclic) bond motifs is 1. The first kappa shape index (κ1) is 14.7. The molecule has 0 saturated heterocycles. The van der Waals surface area contributed by atoms with Gasteiger partial charge in [-0.3, -0.25) is 0 Å². The van der Waals surface area contributed by atoms with E-state index < -0.39 is 0 Å². The Kier molecular flexibility index (Phi) is 4.45. The maximum atomic E-state index is 5.78. The van der Waals surface area contributed by atoms with Gasteiger partial charge in [0.15, 0.2) is 0 Å². The Balaban J connectivity index is 1.91. The third-order valence-electron chi connectivity index (χ3n) is 3.98. The maximum absolute atomic E-state index is 5.78. The second-order valence-electron chi connectivity index (χ2n) is 5.37.